The van der Waals surface area contributed by atoms with Crippen LogP contribution in [0.4, 0.5) is 5.69 Å². The fraction of sp³-hybridized carbons (Fsp3) is 0.111. The van der Waals surface area contributed by atoms with Crippen molar-refractivity contribution in [2.24, 2.45) is 0 Å². The molecule has 1 nitrogen and oxygen atoms in total. The van der Waals surface area contributed by atoms with Crippen LogP contribution in [0.1, 0.15) is 12.5 Å². The first-order chi connectivity index (χ1) is 5.25. The van der Waals surface area contributed by atoms with Gasteiger partial charge in [-0.05, 0) is 25.1 Å². The minimum Gasteiger partial charge on any atom is -0.253 e. The summed E-state index contributed by atoms with van der Waals surface area (Å²) < 4.78 is 0. The quantitative estimate of drug-likeness (QED) is 0.560. The molecule has 11 heavy (non-hydrogen) atoms. The van der Waals surface area contributed by atoms with E-state index in [0.29, 0.717) is 0 Å². The highest BCUT2D eigenvalue weighted by molar-refractivity contribution is 6.30. The van der Waals surface area contributed by atoms with Gasteiger partial charge in [0.05, 0.1) is 5.69 Å². The number of fused-ring (bicyclic) bond motifs is 1. The van der Waals surface area contributed by atoms with E-state index in [1.165, 1.54) is 0 Å². The third kappa shape index (κ3) is 1.12. The maximum atomic E-state index is 5.79. The van der Waals surface area contributed by atoms with Crippen molar-refractivity contribution in [1.82, 2.24) is 5.32 Å². The Morgan fingerprint density at radius 2 is 2.18 bits per heavy atom. The summed E-state index contributed by atoms with van der Waals surface area (Å²) in [6.45, 7) is 1.98. The molecule has 0 unspecified atom stereocenters. The van der Waals surface area contributed by atoms with Gasteiger partial charge in [0, 0.05) is 16.3 Å². The molecule has 1 aromatic carbocycles. The lowest BCUT2D eigenvalue weighted by molar-refractivity contribution is 1.09. The van der Waals surface area contributed by atoms with Gasteiger partial charge < -0.3 is 0 Å². The molecule has 1 heterocycles. The van der Waals surface area contributed by atoms with E-state index in [0.717, 1.165) is 22.0 Å². The number of halogens is 1. The van der Waals surface area contributed by atoms with Gasteiger partial charge >= 0.3 is 0 Å². The number of hydrogen-bond donors (Lipinski definition) is 0. The van der Waals surface area contributed by atoms with Gasteiger partial charge in [-0.2, -0.15) is 0 Å². The average Bonchev–Trinajstić information content (AvgIpc) is 2.27. The van der Waals surface area contributed by atoms with Crippen LogP contribution < -0.4 is 5.32 Å². The number of hydrogen-bond acceptors (Lipinski definition) is 0. The second-order valence-electron chi connectivity index (χ2n) is 2.60. The molecular formula is C9H7ClN. The van der Waals surface area contributed by atoms with Crippen molar-refractivity contribution in [2.45, 2.75) is 6.92 Å². The largest absolute Gasteiger partial charge is 0.253 e. The fourth-order valence-electron chi connectivity index (χ4n) is 1.18. The van der Waals surface area contributed by atoms with Gasteiger partial charge in [-0.25, -0.2) is 0 Å². The van der Waals surface area contributed by atoms with Crippen LogP contribution >= 0.6 is 11.6 Å². The number of rotatable bonds is 0. The van der Waals surface area contributed by atoms with E-state index in [4.69, 9.17) is 11.6 Å². The van der Waals surface area contributed by atoms with Crippen LogP contribution in [0.25, 0.3) is 6.08 Å². The van der Waals surface area contributed by atoms with E-state index < -0.39 is 0 Å². The van der Waals surface area contributed by atoms with Crippen molar-refractivity contribution in [3.63, 3.8) is 0 Å². The Kier molecular flexibility index (Phi) is 1.40. The second kappa shape index (κ2) is 2.28. The lowest BCUT2D eigenvalue weighted by Crippen LogP contribution is -1.86. The molecule has 2 heteroatoms. The van der Waals surface area contributed by atoms with Crippen molar-refractivity contribution in [3.8, 4) is 0 Å². The molecule has 0 amide bonds. The molecule has 0 bridgehead atoms. The Morgan fingerprint density at radius 3 is 3.00 bits per heavy atom. The molecule has 0 fully saturated rings. The average molecular weight is 165 g/mol. The minimum atomic E-state index is 0.746. The van der Waals surface area contributed by atoms with Gasteiger partial charge in [0.1, 0.15) is 0 Å². The molecule has 1 aliphatic heterocycles. The lowest BCUT2D eigenvalue weighted by Gasteiger charge is -1.97. The molecule has 1 aliphatic rings. The maximum absolute atomic E-state index is 5.79. The first-order valence-corrected chi connectivity index (χ1v) is 3.83. The highest BCUT2D eigenvalue weighted by Crippen LogP contribution is 2.29. The number of benzene rings is 1. The molecule has 1 aromatic rings. The molecular weight excluding hydrogens is 158 g/mol. The molecule has 55 valence electrons. The standard InChI is InChI=1S/C9H7ClN/c1-6-4-7-2-3-8(10)5-9(7)11-6/h2-5H,1H3. The summed E-state index contributed by atoms with van der Waals surface area (Å²) in [5, 5.41) is 5.04. The Balaban J connectivity index is 2.52. The predicted molar refractivity (Wildman–Crippen MR) is 46.9 cm³/mol. The minimum absolute atomic E-state index is 0.746. The van der Waals surface area contributed by atoms with Crippen LogP contribution in [-0.4, -0.2) is 0 Å². The molecule has 0 N–H and O–H groups in total. The van der Waals surface area contributed by atoms with Crippen molar-refractivity contribution in [2.75, 3.05) is 0 Å². The molecule has 1 radical (unpaired) electrons. The van der Waals surface area contributed by atoms with Crippen LogP contribution in [-0.2, 0) is 0 Å². The van der Waals surface area contributed by atoms with Gasteiger partial charge in [-0.15, -0.1) is 0 Å². The third-order valence-corrected chi connectivity index (χ3v) is 1.89. The highest BCUT2D eigenvalue weighted by atomic mass is 35.5. The van der Waals surface area contributed by atoms with Crippen LogP contribution in [0.3, 0.4) is 0 Å². The Morgan fingerprint density at radius 1 is 1.36 bits per heavy atom. The van der Waals surface area contributed by atoms with Gasteiger partial charge in [-0.1, -0.05) is 17.7 Å². The molecule has 0 atom stereocenters. The van der Waals surface area contributed by atoms with Gasteiger partial charge in [0.25, 0.3) is 0 Å². The van der Waals surface area contributed by atoms with E-state index in [9.17, 15) is 0 Å². The molecule has 2 rings (SSSR count). The summed E-state index contributed by atoms with van der Waals surface area (Å²) in [5.74, 6) is 0. The van der Waals surface area contributed by atoms with Gasteiger partial charge in [0.2, 0.25) is 0 Å². The monoisotopic (exact) mass is 164 g/mol. The van der Waals surface area contributed by atoms with Crippen LogP contribution in [0.15, 0.2) is 23.9 Å². The van der Waals surface area contributed by atoms with Crippen LogP contribution in [0.2, 0.25) is 5.02 Å². The van der Waals surface area contributed by atoms with E-state index >= 15 is 0 Å². The molecule has 0 aliphatic carbocycles. The SMILES string of the molecule is CC1=Cc2ccc(Cl)cc2[N]1. The van der Waals surface area contributed by atoms with E-state index in [1.807, 2.05) is 31.2 Å². The fourth-order valence-corrected chi connectivity index (χ4v) is 1.35. The lowest BCUT2D eigenvalue weighted by atomic mass is 10.2. The molecule has 0 saturated carbocycles. The zero-order chi connectivity index (χ0) is 7.84. The zero-order valence-corrected chi connectivity index (χ0v) is 6.89. The first-order valence-electron chi connectivity index (χ1n) is 3.45. The number of allylic oxidation sites excluding steroid dienone is 1. The molecule has 0 saturated heterocycles. The summed E-state index contributed by atoms with van der Waals surface area (Å²) in [6, 6.07) is 5.74. The van der Waals surface area contributed by atoms with E-state index in [-0.39, 0.29) is 0 Å². The summed E-state index contributed by atoms with van der Waals surface area (Å²) >= 11 is 5.79. The van der Waals surface area contributed by atoms with Crippen LogP contribution in [0.5, 0.6) is 0 Å². The van der Waals surface area contributed by atoms with Crippen LogP contribution in [0, 0.1) is 0 Å². The zero-order valence-electron chi connectivity index (χ0n) is 6.13. The summed E-state index contributed by atoms with van der Waals surface area (Å²) in [5.41, 5.74) is 3.18. The van der Waals surface area contributed by atoms with Crippen molar-refractivity contribution in [3.05, 3.63) is 34.5 Å². The Hall–Kier alpha value is -0.950. The molecule has 0 aromatic heterocycles. The van der Waals surface area contributed by atoms with Crippen molar-refractivity contribution in [1.29, 1.82) is 0 Å². The molecule has 0 spiro atoms. The smallest absolute Gasteiger partial charge is 0.0720 e. The third-order valence-electron chi connectivity index (χ3n) is 1.65. The topological polar surface area (TPSA) is 14.1 Å². The summed E-state index contributed by atoms with van der Waals surface area (Å²) in [4.78, 5) is 0. The summed E-state index contributed by atoms with van der Waals surface area (Å²) in [7, 11) is 0. The van der Waals surface area contributed by atoms with Crippen molar-refractivity contribution >= 4 is 23.4 Å². The predicted octanol–water partition coefficient (Wildman–Crippen LogP) is 2.95. The van der Waals surface area contributed by atoms with Gasteiger partial charge in [-0.3, -0.25) is 5.32 Å². The van der Waals surface area contributed by atoms with E-state index in [1.54, 1.807) is 0 Å². The Bertz CT molecular complexity index is 328. The number of nitrogens with zero attached hydrogens (tertiary/aromatic N) is 1. The second-order valence-corrected chi connectivity index (χ2v) is 3.04. The first kappa shape index (κ1) is 6.74. The Labute approximate surface area is 70.7 Å². The van der Waals surface area contributed by atoms with E-state index in [2.05, 4.69) is 5.32 Å². The van der Waals surface area contributed by atoms with Gasteiger partial charge in [0.15, 0.2) is 0 Å². The normalized spacial score (nSPS) is 13.8. The van der Waals surface area contributed by atoms with Crippen molar-refractivity contribution < 1.29 is 0 Å². The summed E-state index contributed by atoms with van der Waals surface area (Å²) in [6.07, 6.45) is 2.05. The maximum Gasteiger partial charge on any atom is 0.0720 e. The highest BCUT2D eigenvalue weighted by Gasteiger charge is 2.09.